The molecule has 0 aliphatic rings. The van der Waals surface area contributed by atoms with Crippen LogP contribution in [0.1, 0.15) is 301 Å². The van der Waals surface area contributed by atoms with Gasteiger partial charge in [0.05, 0.1) is 0 Å². The largest absolute Gasteiger partial charge is 0.508 e. The number of aryl methyl sites for hydroxylation is 3. The molecular formula is C69H108O. The van der Waals surface area contributed by atoms with Crippen molar-refractivity contribution < 1.29 is 5.11 Å². The van der Waals surface area contributed by atoms with E-state index in [1.807, 2.05) is 0 Å². The minimum Gasteiger partial charge on any atom is -0.508 e. The third kappa shape index (κ3) is 21.8. The summed E-state index contributed by atoms with van der Waals surface area (Å²) < 4.78 is 0. The second-order valence-electron chi connectivity index (χ2n) is 21.9. The molecule has 1 N–H and O–H groups in total. The Morgan fingerprint density at radius 3 is 0.814 bits per heavy atom. The molecule has 0 amide bonds. The minimum absolute atomic E-state index is 0.489. The lowest BCUT2D eigenvalue weighted by atomic mass is 9.82. The fourth-order valence-corrected chi connectivity index (χ4v) is 11.6. The maximum Gasteiger partial charge on any atom is 0.119 e. The van der Waals surface area contributed by atoms with Crippen LogP contribution >= 0.6 is 0 Å². The molecular weight excluding hydrogens is 845 g/mol. The van der Waals surface area contributed by atoms with Gasteiger partial charge in [-0.05, 0) is 157 Å². The Morgan fingerprint density at radius 2 is 0.486 bits per heavy atom. The van der Waals surface area contributed by atoms with Crippen LogP contribution in [0.25, 0.3) is 0 Å². The smallest absolute Gasteiger partial charge is 0.119 e. The highest BCUT2D eigenvalue weighted by atomic mass is 16.3. The lowest BCUT2D eigenvalue weighted by Crippen LogP contribution is -2.10. The monoisotopic (exact) mass is 953 g/mol. The number of benzene rings is 4. The van der Waals surface area contributed by atoms with Crippen LogP contribution in [0.3, 0.4) is 0 Å². The van der Waals surface area contributed by atoms with E-state index in [-0.39, 0.29) is 0 Å². The first-order valence-corrected chi connectivity index (χ1v) is 30.6. The molecule has 0 unspecified atom stereocenters. The molecule has 0 atom stereocenters. The lowest BCUT2D eigenvalue weighted by Gasteiger charge is -2.23. The third-order valence-corrected chi connectivity index (χ3v) is 16.0. The van der Waals surface area contributed by atoms with E-state index in [0.717, 1.165) is 25.7 Å². The van der Waals surface area contributed by atoms with E-state index >= 15 is 0 Å². The summed E-state index contributed by atoms with van der Waals surface area (Å²) in [5.41, 5.74) is 18.0. The average molecular weight is 954 g/mol. The van der Waals surface area contributed by atoms with E-state index in [4.69, 9.17) is 0 Å². The van der Waals surface area contributed by atoms with Gasteiger partial charge in [-0.1, -0.05) is 256 Å². The second kappa shape index (κ2) is 37.4. The zero-order valence-corrected chi connectivity index (χ0v) is 46.9. The summed E-state index contributed by atoms with van der Waals surface area (Å²) in [7, 11) is 0. The first-order valence-electron chi connectivity index (χ1n) is 30.6. The second-order valence-corrected chi connectivity index (χ2v) is 21.9. The van der Waals surface area contributed by atoms with E-state index in [0.29, 0.717) is 5.75 Å². The van der Waals surface area contributed by atoms with Gasteiger partial charge in [-0.2, -0.15) is 0 Å². The van der Waals surface area contributed by atoms with Crippen LogP contribution in [0.4, 0.5) is 0 Å². The highest BCUT2D eigenvalue weighted by molar-refractivity contribution is 5.54. The van der Waals surface area contributed by atoms with Gasteiger partial charge in [-0.3, -0.25) is 0 Å². The van der Waals surface area contributed by atoms with Crippen molar-refractivity contribution in [3.05, 3.63) is 133 Å². The van der Waals surface area contributed by atoms with E-state index < -0.39 is 0 Å². The third-order valence-electron chi connectivity index (χ3n) is 16.0. The molecule has 0 spiro atoms. The molecule has 0 aromatic heterocycles. The number of unbranched alkanes of at least 4 members (excludes halogenated alkanes) is 24. The first kappa shape index (κ1) is 59.2. The lowest BCUT2D eigenvalue weighted by molar-refractivity contribution is 0.468. The minimum atomic E-state index is 0.489. The molecule has 0 heterocycles. The molecule has 0 fully saturated rings. The summed E-state index contributed by atoms with van der Waals surface area (Å²) in [6.07, 6.45) is 49.0. The summed E-state index contributed by atoms with van der Waals surface area (Å²) in [5.74, 6) is 0.489. The van der Waals surface area contributed by atoms with Gasteiger partial charge in [0.1, 0.15) is 5.75 Å². The van der Waals surface area contributed by atoms with Gasteiger partial charge in [-0.25, -0.2) is 0 Å². The molecule has 0 saturated heterocycles. The standard InChI is InChI=1S/C69H108O/c1-7-13-19-25-31-40-57-43-37-46-60(64(57)49-34-28-22-16-10-4)54-63-52-53-69(70)68(56-62-48-39-45-59(42-33-27-21-15-9-3)66(62)51-36-30-24-18-12-6)67(63)55-61-47-38-44-58(41-32-26-20-14-8-2)65(61)50-35-29-23-17-11-5/h37-39,43-48,52-53,70H,7-36,40-42,49-51,54-56H2,1-6H3. The fourth-order valence-electron chi connectivity index (χ4n) is 11.6. The van der Waals surface area contributed by atoms with Gasteiger partial charge < -0.3 is 5.11 Å². The summed E-state index contributed by atoms with van der Waals surface area (Å²) in [5, 5.41) is 12.4. The molecule has 0 radical (unpaired) electrons. The number of rotatable bonds is 42. The van der Waals surface area contributed by atoms with Crippen LogP contribution in [-0.4, -0.2) is 5.11 Å². The number of phenolic OH excluding ortho intramolecular Hbond substituents is 1. The van der Waals surface area contributed by atoms with Crippen LogP contribution in [0.2, 0.25) is 0 Å². The Labute approximate surface area is 434 Å². The number of hydrogen-bond acceptors (Lipinski definition) is 1. The quantitative estimate of drug-likeness (QED) is 0.0439. The topological polar surface area (TPSA) is 20.2 Å². The van der Waals surface area contributed by atoms with Crippen molar-refractivity contribution in [2.75, 3.05) is 0 Å². The van der Waals surface area contributed by atoms with Crippen molar-refractivity contribution in [1.82, 2.24) is 0 Å². The first-order chi connectivity index (χ1) is 34.5. The van der Waals surface area contributed by atoms with Gasteiger partial charge in [0.15, 0.2) is 0 Å². The highest BCUT2D eigenvalue weighted by Gasteiger charge is 2.21. The van der Waals surface area contributed by atoms with Crippen LogP contribution < -0.4 is 0 Å². The van der Waals surface area contributed by atoms with Crippen molar-refractivity contribution in [3.8, 4) is 5.75 Å². The fraction of sp³-hybridized carbons (Fsp3) is 0.652. The maximum absolute atomic E-state index is 12.4. The van der Waals surface area contributed by atoms with Crippen LogP contribution in [0, 0.1) is 0 Å². The molecule has 0 aliphatic heterocycles. The van der Waals surface area contributed by atoms with Gasteiger partial charge in [0.25, 0.3) is 0 Å². The molecule has 0 saturated carbocycles. The van der Waals surface area contributed by atoms with E-state index in [2.05, 4.69) is 108 Å². The van der Waals surface area contributed by atoms with Crippen molar-refractivity contribution >= 4 is 0 Å². The summed E-state index contributed by atoms with van der Waals surface area (Å²) in [4.78, 5) is 0. The van der Waals surface area contributed by atoms with Gasteiger partial charge in [-0.15, -0.1) is 0 Å². The summed E-state index contributed by atoms with van der Waals surface area (Å²) >= 11 is 0. The molecule has 0 bridgehead atoms. The van der Waals surface area contributed by atoms with E-state index in [1.165, 1.54) is 258 Å². The van der Waals surface area contributed by atoms with Crippen molar-refractivity contribution in [2.45, 2.75) is 292 Å². The summed E-state index contributed by atoms with van der Waals surface area (Å²) in [6, 6.07) is 26.3. The maximum atomic E-state index is 12.4. The summed E-state index contributed by atoms with van der Waals surface area (Å²) in [6.45, 7) is 14.0. The molecule has 0 aliphatic carbocycles. The highest BCUT2D eigenvalue weighted by Crippen LogP contribution is 2.36. The Bertz CT molecular complexity index is 1950. The molecule has 390 valence electrons. The van der Waals surface area contributed by atoms with Crippen molar-refractivity contribution in [1.29, 1.82) is 0 Å². The predicted octanol–water partition coefficient (Wildman–Crippen LogP) is 21.2. The van der Waals surface area contributed by atoms with Gasteiger partial charge >= 0.3 is 0 Å². The molecule has 1 nitrogen and oxygen atoms in total. The van der Waals surface area contributed by atoms with Gasteiger partial charge in [0.2, 0.25) is 0 Å². The van der Waals surface area contributed by atoms with Crippen LogP contribution in [-0.2, 0) is 57.8 Å². The van der Waals surface area contributed by atoms with Crippen molar-refractivity contribution in [3.63, 3.8) is 0 Å². The molecule has 4 rings (SSSR count). The SMILES string of the molecule is CCCCCCCc1cccc(Cc2ccc(O)c(Cc3cccc(CCCCCCC)c3CCCCCCC)c2Cc2cccc(CCCCCCC)c2CCCCCCC)c1CCCCCCC. The average Bonchev–Trinajstić information content (AvgIpc) is 3.37. The molecule has 4 aromatic rings. The predicted molar refractivity (Wildman–Crippen MR) is 311 cm³/mol. The number of phenols is 1. The van der Waals surface area contributed by atoms with Crippen LogP contribution in [0.5, 0.6) is 5.75 Å². The molecule has 1 heteroatoms. The van der Waals surface area contributed by atoms with E-state index in [1.54, 1.807) is 33.4 Å². The zero-order valence-electron chi connectivity index (χ0n) is 46.9. The Hall–Kier alpha value is -3.32. The van der Waals surface area contributed by atoms with Crippen LogP contribution in [0.15, 0.2) is 66.7 Å². The Morgan fingerprint density at radius 1 is 0.229 bits per heavy atom. The normalized spacial score (nSPS) is 11.6. The van der Waals surface area contributed by atoms with Gasteiger partial charge in [0, 0.05) is 12.0 Å². The number of hydrogen-bond donors (Lipinski definition) is 1. The van der Waals surface area contributed by atoms with Crippen molar-refractivity contribution in [2.24, 2.45) is 0 Å². The van der Waals surface area contributed by atoms with E-state index in [9.17, 15) is 5.11 Å². The molecule has 70 heavy (non-hydrogen) atoms. The molecule has 4 aromatic carbocycles. The number of aromatic hydroxyl groups is 1. The zero-order chi connectivity index (χ0) is 49.9. The Balaban J connectivity index is 1.87. The Kier molecular flexibility index (Phi) is 31.7.